The Bertz CT molecular complexity index is 476. The number of methoxy groups -OCH3 is 1. The second kappa shape index (κ2) is 6.24. The maximum atomic E-state index is 11.9. The molecule has 0 spiro atoms. The van der Waals surface area contributed by atoms with Gasteiger partial charge in [-0.25, -0.2) is 0 Å². The number of rotatable bonds is 4. The number of nitrogens with zero attached hydrogens (tertiary/aromatic N) is 1. The van der Waals surface area contributed by atoms with Gasteiger partial charge in [0.2, 0.25) is 5.91 Å². The van der Waals surface area contributed by atoms with E-state index < -0.39 is 0 Å². The van der Waals surface area contributed by atoms with Crippen LogP contribution in [0.1, 0.15) is 25.5 Å². The lowest BCUT2D eigenvalue weighted by molar-refractivity contribution is -0.129. The topological polar surface area (TPSA) is 67.6 Å². The number of benzene rings is 1. The first-order valence-corrected chi connectivity index (χ1v) is 6.98. The number of amides is 1. The fraction of sp³-hybridized carbons (Fsp3) is 0.533. The zero-order valence-corrected chi connectivity index (χ0v) is 12.3. The molecule has 3 unspecified atom stereocenters. The van der Waals surface area contributed by atoms with Crippen LogP contribution in [-0.2, 0) is 4.79 Å². The Morgan fingerprint density at radius 1 is 1.45 bits per heavy atom. The highest BCUT2D eigenvalue weighted by molar-refractivity contribution is 5.82. The third-order valence-electron chi connectivity index (χ3n) is 3.86. The summed E-state index contributed by atoms with van der Waals surface area (Å²) >= 11 is 0. The minimum atomic E-state index is -0.190. The Morgan fingerprint density at radius 2 is 2.15 bits per heavy atom. The van der Waals surface area contributed by atoms with Gasteiger partial charge in [0.15, 0.2) is 0 Å². The molecule has 20 heavy (non-hydrogen) atoms. The Labute approximate surface area is 120 Å². The first-order chi connectivity index (χ1) is 9.56. The molecule has 3 N–H and O–H groups in total. The molecule has 0 bridgehead atoms. The van der Waals surface area contributed by atoms with Gasteiger partial charge in [-0.1, -0.05) is 18.2 Å². The molecule has 1 aliphatic rings. The average Bonchev–Trinajstić information content (AvgIpc) is 2.44. The number of hydrogen-bond acceptors (Lipinski definition) is 4. The Morgan fingerprint density at radius 3 is 2.80 bits per heavy atom. The molecule has 0 radical (unpaired) electrons. The van der Waals surface area contributed by atoms with Gasteiger partial charge in [0, 0.05) is 24.7 Å². The quantitative estimate of drug-likeness (QED) is 0.858. The molecule has 1 saturated heterocycles. The average molecular weight is 277 g/mol. The zero-order valence-electron chi connectivity index (χ0n) is 12.3. The van der Waals surface area contributed by atoms with Gasteiger partial charge < -0.3 is 15.8 Å². The van der Waals surface area contributed by atoms with Crippen molar-refractivity contribution in [1.29, 1.82) is 0 Å². The highest BCUT2D eigenvalue weighted by Gasteiger charge is 2.35. The second-order valence-corrected chi connectivity index (χ2v) is 5.25. The SMILES string of the molecule is COc1ccccc1C(C(C)N)N1CCNC(=O)C1C. The minimum absolute atomic E-state index is 0.0350. The van der Waals surface area contributed by atoms with Crippen molar-refractivity contribution >= 4 is 5.91 Å². The van der Waals surface area contributed by atoms with E-state index in [0.29, 0.717) is 6.54 Å². The summed E-state index contributed by atoms with van der Waals surface area (Å²) in [5, 5.41) is 2.88. The van der Waals surface area contributed by atoms with Crippen molar-refractivity contribution in [1.82, 2.24) is 10.2 Å². The molecular formula is C15H23N3O2. The molecule has 0 saturated carbocycles. The molecule has 5 heteroatoms. The van der Waals surface area contributed by atoms with E-state index in [2.05, 4.69) is 10.2 Å². The Hall–Kier alpha value is -1.59. The number of carbonyl (C=O) groups excluding carboxylic acids is 1. The van der Waals surface area contributed by atoms with E-state index in [1.165, 1.54) is 0 Å². The molecule has 0 aromatic heterocycles. The van der Waals surface area contributed by atoms with Crippen LogP contribution in [0.3, 0.4) is 0 Å². The normalized spacial score (nSPS) is 23.0. The number of nitrogens with one attached hydrogen (secondary N) is 1. The number of nitrogens with two attached hydrogens (primary N) is 1. The molecule has 1 aromatic carbocycles. The van der Waals surface area contributed by atoms with E-state index in [0.717, 1.165) is 17.9 Å². The summed E-state index contributed by atoms with van der Waals surface area (Å²) in [6.07, 6.45) is 0. The predicted octanol–water partition coefficient (Wildman–Crippen LogP) is 0.904. The maximum absolute atomic E-state index is 11.9. The van der Waals surface area contributed by atoms with Crippen LogP contribution in [0.2, 0.25) is 0 Å². The van der Waals surface area contributed by atoms with Crippen LogP contribution in [0.4, 0.5) is 0 Å². The number of para-hydroxylation sites is 1. The molecule has 1 aromatic rings. The van der Waals surface area contributed by atoms with Crippen molar-refractivity contribution in [3.8, 4) is 5.75 Å². The van der Waals surface area contributed by atoms with Crippen LogP contribution >= 0.6 is 0 Å². The van der Waals surface area contributed by atoms with E-state index >= 15 is 0 Å². The van der Waals surface area contributed by atoms with Crippen LogP contribution in [0.15, 0.2) is 24.3 Å². The standard InChI is InChI=1S/C15H23N3O2/c1-10(16)14(12-6-4-5-7-13(12)20-3)18-9-8-17-15(19)11(18)2/h4-7,10-11,14H,8-9,16H2,1-3H3,(H,17,19). The molecule has 3 atom stereocenters. The molecule has 5 nitrogen and oxygen atoms in total. The Balaban J connectivity index is 2.38. The van der Waals surface area contributed by atoms with Crippen molar-refractivity contribution in [2.24, 2.45) is 5.73 Å². The number of hydrogen-bond donors (Lipinski definition) is 2. The van der Waals surface area contributed by atoms with Crippen LogP contribution in [0.5, 0.6) is 5.75 Å². The van der Waals surface area contributed by atoms with Gasteiger partial charge in [-0.15, -0.1) is 0 Å². The van der Waals surface area contributed by atoms with Gasteiger partial charge in [-0.3, -0.25) is 9.69 Å². The monoisotopic (exact) mass is 277 g/mol. The summed E-state index contributed by atoms with van der Waals surface area (Å²) in [5.74, 6) is 0.866. The third kappa shape index (κ3) is 2.78. The summed E-state index contributed by atoms with van der Waals surface area (Å²) < 4.78 is 5.45. The first-order valence-electron chi connectivity index (χ1n) is 6.98. The summed E-state index contributed by atoms with van der Waals surface area (Å²) in [4.78, 5) is 14.0. The second-order valence-electron chi connectivity index (χ2n) is 5.25. The molecule has 1 heterocycles. The van der Waals surface area contributed by atoms with Crippen molar-refractivity contribution in [2.75, 3.05) is 20.2 Å². The molecule has 1 amide bonds. The fourth-order valence-electron chi connectivity index (χ4n) is 2.85. The zero-order chi connectivity index (χ0) is 14.7. The highest BCUT2D eigenvalue weighted by atomic mass is 16.5. The molecular weight excluding hydrogens is 254 g/mol. The lowest BCUT2D eigenvalue weighted by Gasteiger charge is -2.41. The van der Waals surface area contributed by atoms with Crippen molar-refractivity contribution < 1.29 is 9.53 Å². The van der Waals surface area contributed by atoms with Crippen LogP contribution in [0, 0.1) is 0 Å². The summed E-state index contributed by atoms with van der Waals surface area (Å²) in [6.45, 7) is 5.33. The highest BCUT2D eigenvalue weighted by Crippen LogP contribution is 2.32. The van der Waals surface area contributed by atoms with E-state index in [1.54, 1.807) is 7.11 Å². The third-order valence-corrected chi connectivity index (χ3v) is 3.86. The predicted molar refractivity (Wildman–Crippen MR) is 78.6 cm³/mol. The van der Waals surface area contributed by atoms with Gasteiger partial charge in [0.25, 0.3) is 0 Å². The molecule has 110 valence electrons. The van der Waals surface area contributed by atoms with Crippen LogP contribution < -0.4 is 15.8 Å². The number of piperazine rings is 1. The lowest BCUT2D eigenvalue weighted by atomic mass is 9.95. The van der Waals surface area contributed by atoms with Gasteiger partial charge in [0.05, 0.1) is 19.2 Å². The van der Waals surface area contributed by atoms with Crippen LogP contribution in [0.25, 0.3) is 0 Å². The minimum Gasteiger partial charge on any atom is -0.496 e. The maximum Gasteiger partial charge on any atom is 0.237 e. The molecule has 0 aliphatic carbocycles. The summed E-state index contributed by atoms with van der Waals surface area (Å²) in [6, 6.07) is 7.54. The van der Waals surface area contributed by atoms with Gasteiger partial charge in [-0.2, -0.15) is 0 Å². The lowest BCUT2D eigenvalue weighted by Crippen LogP contribution is -2.57. The van der Waals surface area contributed by atoms with E-state index in [1.807, 2.05) is 38.1 Å². The Kier molecular flexibility index (Phi) is 4.62. The van der Waals surface area contributed by atoms with E-state index in [-0.39, 0.29) is 24.0 Å². The fourth-order valence-corrected chi connectivity index (χ4v) is 2.85. The van der Waals surface area contributed by atoms with E-state index in [4.69, 9.17) is 10.5 Å². The van der Waals surface area contributed by atoms with Gasteiger partial charge >= 0.3 is 0 Å². The van der Waals surface area contributed by atoms with E-state index in [9.17, 15) is 4.79 Å². The van der Waals surface area contributed by atoms with Crippen molar-refractivity contribution in [3.63, 3.8) is 0 Å². The largest absolute Gasteiger partial charge is 0.496 e. The summed E-state index contributed by atoms with van der Waals surface area (Å²) in [5.41, 5.74) is 7.24. The number of carbonyl (C=O) groups is 1. The van der Waals surface area contributed by atoms with Crippen molar-refractivity contribution in [3.05, 3.63) is 29.8 Å². The molecule has 2 rings (SSSR count). The van der Waals surface area contributed by atoms with Gasteiger partial charge in [0.1, 0.15) is 5.75 Å². The van der Waals surface area contributed by atoms with Gasteiger partial charge in [-0.05, 0) is 19.9 Å². The smallest absolute Gasteiger partial charge is 0.237 e. The molecule has 1 aliphatic heterocycles. The van der Waals surface area contributed by atoms with Crippen LogP contribution in [-0.4, -0.2) is 43.1 Å². The number of ether oxygens (including phenoxy) is 1. The van der Waals surface area contributed by atoms with Crippen molar-refractivity contribution in [2.45, 2.75) is 32.0 Å². The first kappa shape index (κ1) is 14.8. The summed E-state index contributed by atoms with van der Waals surface area (Å²) in [7, 11) is 1.66. The molecule has 1 fully saturated rings.